The summed E-state index contributed by atoms with van der Waals surface area (Å²) in [7, 11) is 0. The Morgan fingerprint density at radius 3 is 1.24 bits per heavy atom. The highest BCUT2D eigenvalue weighted by Gasteiger charge is 2.21. The summed E-state index contributed by atoms with van der Waals surface area (Å²) in [5.74, 6) is 0. The van der Waals surface area contributed by atoms with E-state index < -0.39 is 0 Å². The zero-order valence-corrected chi connectivity index (χ0v) is 36.0. The summed E-state index contributed by atoms with van der Waals surface area (Å²) < 4.78 is 7.19. The molecule has 0 aliphatic carbocycles. The van der Waals surface area contributed by atoms with Crippen LogP contribution in [0.1, 0.15) is 0 Å². The molecular formula is C62H42N4. The highest BCUT2D eigenvalue weighted by Crippen LogP contribution is 2.43. The van der Waals surface area contributed by atoms with Crippen LogP contribution in [0.15, 0.2) is 255 Å². The molecule has 0 saturated heterocycles. The summed E-state index contributed by atoms with van der Waals surface area (Å²) >= 11 is 0. The minimum absolute atomic E-state index is 1.08. The van der Waals surface area contributed by atoms with Crippen LogP contribution >= 0.6 is 0 Å². The highest BCUT2D eigenvalue weighted by molar-refractivity contribution is 6.20. The molecule has 0 radical (unpaired) electrons. The molecule has 0 aliphatic rings. The molecule has 0 saturated carbocycles. The van der Waals surface area contributed by atoms with Gasteiger partial charge in [-0.15, -0.1) is 0 Å². The predicted octanol–water partition coefficient (Wildman–Crippen LogP) is 16.6. The molecule has 4 nitrogen and oxygen atoms in total. The number of nitrogens with zero attached hydrogens (tertiary/aromatic N) is 4. The van der Waals surface area contributed by atoms with E-state index in [1.807, 2.05) is 0 Å². The molecule has 0 N–H and O–H groups in total. The van der Waals surface area contributed by atoms with Crippen molar-refractivity contribution >= 4 is 71.6 Å². The number of para-hydroxylation sites is 3. The van der Waals surface area contributed by atoms with Crippen LogP contribution in [-0.2, 0) is 0 Å². The number of anilines is 3. The number of fused-ring (bicyclic) bond motifs is 7. The lowest BCUT2D eigenvalue weighted by Gasteiger charge is -2.26. The van der Waals surface area contributed by atoms with E-state index in [4.69, 9.17) is 0 Å². The first-order valence-electron chi connectivity index (χ1n) is 22.6. The van der Waals surface area contributed by atoms with E-state index in [9.17, 15) is 0 Å². The van der Waals surface area contributed by atoms with Gasteiger partial charge < -0.3 is 18.6 Å². The zero-order valence-electron chi connectivity index (χ0n) is 36.0. The molecule has 13 aromatic rings. The van der Waals surface area contributed by atoms with Gasteiger partial charge in [-0.05, 0) is 131 Å². The first-order valence-corrected chi connectivity index (χ1v) is 22.6. The third-order valence-corrected chi connectivity index (χ3v) is 13.2. The predicted molar refractivity (Wildman–Crippen MR) is 278 cm³/mol. The zero-order chi connectivity index (χ0) is 43.6. The van der Waals surface area contributed by atoms with Crippen LogP contribution in [0.2, 0.25) is 0 Å². The third-order valence-electron chi connectivity index (χ3n) is 13.2. The Hall–Kier alpha value is -8.86. The van der Waals surface area contributed by atoms with E-state index >= 15 is 0 Å². The Bertz CT molecular complexity index is 3780. The maximum atomic E-state index is 2.47. The fourth-order valence-electron chi connectivity index (χ4n) is 10.1. The summed E-state index contributed by atoms with van der Waals surface area (Å²) in [6.07, 6.45) is 2.19. The first kappa shape index (κ1) is 37.7. The maximum absolute atomic E-state index is 2.47. The molecule has 310 valence electrons. The topological polar surface area (TPSA) is 18.0 Å². The van der Waals surface area contributed by atoms with Gasteiger partial charge in [0.2, 0.25) is 0 Å². The van der Waals surface area contributed by atoms with Crippen molar-refractivity contribution in [2.75, 3.05) is 4.90 Å². The van der Waals surface area contributed by atoms with Crippen LogP contribution in [0.3, 0.4) is 0 Å². The van der Waals surface area contributed by atoms with Crippen LogP contribution in [0, 0.1) is 0 Å². The van der Waals surface area contributed by atoms with E-state index in [2.05, 4.69) is 274 Å². The lowest BCUT2D eigenvalue weighted by molar-refractivity contribution is 1.12. The SMILES string of the molecule is c1ccc(-c2ccc(N(c3ccc(-c4ccccc4)cc3)c3ccc(-n4c5cc6c(ccn6-c6ccccc6)cc5c5cc6c7ccccc7n(-c7ccccc7)c6cc54)cc3)cc2)cc1. The Morgan fingerprint density at radius 2 is 0.667 bits per heavy atom. The second-order valence-electron chi connectivity index (χ2n) is 17.0. The molecule has 0 unspecified atom stereocenters. The summed E-state index contributed by atoms with van der Waals surface area (Å²) in [6, 6.07) is 90.2. The molecule has 3 aromatic heterocycles. The van der Waals surface area contributed by atoms with E-state index in [0.717, 1.165) is 45.2 Å². The van der Waals surface area contributed by atoms with Crippen molar-refractivity contribution in [2.45, 2.75) is 0 Å². The van der Waals surface area contributed by atoms with Crippen LogP contribution < -0.4 is 4.90 Å². The smallest absolute Gasteiger partial charge is 0.0562 e. The highest BCUT2D eigenvalue weighted by atomic mass is 15.1. The fourth-order valence-corrected chi connectivity index (χ4v) is 10.1. The van der Waals surface area contributed by atoms with Gasteiger partial charge in [-0.1, -0.05) is 140 Å². The summed E-state index contributed by atoms with van der Waals surface area (Å²) in [5.41, 5.74) is 17.3. The number of benzene rings is 10. The van der Waals surface area contributed by atoms with Gasteiger partial charge in [0.1, 0.15) is 0 Å². The van der Waals surface area contributed by atoms with Gasteiger partial charge in [0.15, 0.2) is 0 Å². The lowest BCUT2D eigenvalue weighted by atomic mass is 10.0. The Morgan fingerprint density at radius 1 is 0.258 bits per heavy atom. The Balaban J connectivity index is 1.01. The number of rotatable bonds is 8. The summed E-state index contributed by atoms with van der Waals surface area (Å²) in [5, 5.41) is 6.15. The van der Waals surface area contributed by atoms with Crippen molar-refractivity contribution in [1.82, 2.24) is 13.7 Å². The summed E-state index contributed by atoms with van der Waals surface area (Å²) in [6.45, 7) is 0. The monoisotopic (exact) mass is 842 g/mol. The minimum Gasteiger partial charge on any atom is -0.316 e. The molecule has 0 bridgehead atoms. The second-order valence-corrected chi connectivity index (χ2v) is 17.0. The third kappa shape index (κ3) is 6.22. The van der Waals surface area contributed by atoms with Crippen molar-refractivity contribution in [2.24, 2.45) is 0 Å². The molecule has 0 aliphatic heterocycles. The van der Waals surface area contributed by atoms with Gasteiger partial charge in [-0.25, -0.2) is 0 Å². The summed E-state index contributed by atoms with van der Waals surface area (Å²) in [4.78, 5) is 2.36. The number of hydrogen-bond donors (Lipinski definition) is 0. The van der Waals surface area contributed by atoms with E-state index in [1.165, 1.54) is 65.7 Å². The first-order chi connectivity index (χ1) is 32.7. The van der Waals surface area contributed by atoms with Gasteiger partial charge in [0.05, 0.1) is 27.6 Å². The van der Waals surface area contributed by atoms with Crippen molar-refractivity contribution in [1.29, 1.82) is 0 Å². The van der Waals surface area contributed by atoms with Crippen molar-refractivity contribution in [3.8, 4) is 39.3 Å². The van der Waals surface area contributed by atoms with Gasteiger partial charge in [-0.3, -0.25) is 0 Å². The van der Waals surface area contributed by atoms with Gasteiger partial charge in [0, 0.05) is 67.3 Å². The van der Waals surface area contributed by atoms with Crippen LogP contribution in [0.25, 0.3) is 93.8 Å². The van der Waals surface area contributed by atoms with Crippen LogP contribution in [-0.4, -0.2) is 13.7 Å². The van der Waals surface area contributed by atoms with E-state index in [1.54, 1.807) is 0 Å². The average Bonchev–Trinajstić information content (AvgIpc) is 4.06. The molecule has 0 spiro atoms. The molecule has 0 amide bonds. The van der Waals surface area contributed by atoms with Crippen molar-refractivity contribution in [3.63, 3.8) is 0 Å². The molecular weight excluding hydrogens is 801 g/mol. The van der Waals surface area contributed by atoms with E-state index in [0.29, 0.717) is 0 Å². The van der Waals surface area contributed by atoms with Gasteiger partial charge in [-0.2, -0.15) is 0 Å². The lowest BCUT2D eigenvalue weighted by Crippen LogP contribution is -2.10. The second kappa shape index (κ2) is 15.4. The molecule has 3 heterocycles. The van der Waals surface area contributed by atoms with Gasteiger partial charge in [0.25, 0.3) is 0 Å². The molecule has 0 fully saturated rings. The maximum Gasteiger partial charge on any atom is 0.0562 e. The van der Waals surface area contributed by atoms with Crippen molar-refractivity contribution < 1.29 is 0 Å². The standard InChI is InChI=1S/C62H42N4/c1-5-15-43(16-6-1)45-25-29-50(30-26-45)64(51-31-27-46(28-32-51)44-17-7-2-8-18-44)52-33-35-53(36-34-52)66-60-41-59-47(37-38-63(59)48-19-9-3-10-20-48)39-55(60)57-40-56-54-23-13-14-24-58(54)65(61(56)42-62(57)66)49-21-11-4-12-22-49/h1-42H. The van der Waals surface area contributed by atoms with Crippen LogP contribution in [0.4, 0.5) is 17.1 Å². The quantitative estimate of drug-likeness (QED) is 0.149. The normalized spacial score (nSPS) is 11.6. The Labute approximate surface area is 382 Å². The van der Waals surface area contributed by atoms with E-state index in [-0.39, 0.29) is 0 Å². The molecule has 66 heavy (non-hydrogen) atoms. The largest absolute Gasteiger partial charge is 0.316 e. The van der Waals surface area contributed by atoms with Crippen LogP contribution in [0.5, 0.6) is 0 Å². The van der Waals surface area contributed by atoms with Gasteiger partial charge >= 0.3 is 0 Å². The molecule has 13 rings (SSSR count). The molecule has 4 heteroatoms. The fraction of sp³-hybridized carbons (Fsp3) is 0. The number of hydrogen-bond acceptors (Lipinski definition) is 1. The van der Waals surface area contributed by atoms with Crippen molar-refractivity contribution in [3.05, 3.63) is 255 Å². The molecule has 10 aromatic carbocycles. The Kier molecular flexibility index (Phi) is 8.81. The number of aromatic nitrogens is 3. The molecule has 0 atom stereocenters. The minimum atomic E-state index is 1.08. The average molecular weight is 843 g/mol.